The molecule has 5 unspecified atom stereocenters. The minimum Gasteiger partial charge on any atom is -0.469 e. The second-order valence-corrected chi connectivity index (χ2v) is 7.69. The Labute approximate surface area is 135 Å². The van der Waals surface area contributed by atoms with Gasteiger partial charge in [-0.2, -0.15) is 0 Å². The van der Waals surface area contributed by atoms with Crippen LogP contribution in [0, 0.1) is 22.7 Å². The van der Waals surface area contributed by atoms with Gasteiger partial charge in [0, 0.05) is 11.8 Å². The molecule has 0 aromatic heterocycles. The first-order valence-electron chi connectivity index (χ1n) is 8.24. The summed E-state index contributed by atoms with van der Waals surface area (Å²) in [5, 5.41) is 0. The van der Waals surface area contributed by atoms with Gasteiger partial charge in [0.25, 0.3) is 0 Å². The lowest BCUT2D eigenvalue weighted by atomic mass is 9.71. The van der Waals surface area contributed by atoms with Crippen molar-refractivity contribution in [2.75, 3.05) is 7.11 Å². The third-order valence-electron chi connectivity index (χ3n) is 6.09. The van der Waals surface area contributed by atoms with Gasteiger partial charge in [-0.25, -0.2) is 0 Å². The van der Waals surface area contributed by atoms with Crippen molar-refractivity contribution in [3.05, 3.63) is 0 Å². The summed E-state index contributed by atoms with van der Waals surface area (Å²) < 4.78 is 16.0. The molecule has 3 fully saturated rings. The SMILES string of the molecule is CCC(C)(C)C(=O)OC1C2CC3C1OC(=O)C3(CC(=O)OC)C2. The maximum atomic E-state index is 12.4. The van der Waals surface area contributed by atoms with E-state index >= 15 is 0 Å². The van der Waals surface area contributed by atoms with Gasteiger partial charge in [0.15, 0.2) is 0 Å². The van der Waals surface area contributed by atoms with Gasteiger partial charge in [0.05, 0.1) is 24.4 Å². The van der Waals surface area contributed by atoms with Crippen LogP contribution >= 0.6 is 0 Å². The number of methoxy groups -OCH3 is 1. The standard InChI is InChI=1S/C17H24O6/c1-5-16(2,3)14(19)22-12-9-6-10-13(12)23-15(20)17(10,7-9)8-11(18)21-4/h9-10,12-13H,5-8H2,1-4H3. The Morgan fingerprint density at radius 1 is 1.39 bits per heavy atom. The molecule has 0 N–H and O–H groups in total. The highest BCUT2D eigenvalue weighted by atomic mass is 16.6. The van der Waals surface area contributed by atoms with Gasteiger partial charge in [-0.15, -0.1) is 0 Å². The predicted octanol–water partition coefficient (Wildman–Crippen LogP) is 1.85. The highest BCUT2D eigenvalue weighted by Gasteiger charge is 2.72. The molecular weight excluding hydrogens is 300 g/mol. The number of hydrogen-bond donors (Lipinski definition) is 0. The summed E-state index contributed by atoms with van der Waals surface area (Å²) in [6.45, 7) is 5.65. The molecule has 0 radical (unpaired) electrons. The lowest BCUT2D eigenvalue weighted by Crippen LogP contribution is -2.43. The molecular formula is C17H24O6. The van der Waals surface area contributed by atoms with E-state index < -0.39 is 22.9 Å². The summed E-state index contributed by atoms with van der Waals surface area (Å²) >= 11 is 0. The lowest BCUT2D eigenvalue weighted by molar-refractivity contribution is -0.170. The van der Waals surface area contributed by atoms with E-state index in [0.717, 1.165) is 6.42 Å². The van der Waals surface area contributed by atoms with Crippen LogP contribution in [-0.2, 0) is 28.6 Å². The maximum absolute atomic E-state index is 12.4. The van der Waals surface area contributed by atoms with Crippen molar-refractivity contribution in [3.8, 4) is 0 Å². The van der Waals surface area contributed by atoms with Gasteiger partial charge >= 0.3 is 17.9 Å². The molecule has 0 amide bonds. The molecule has 0 aromatic carbocycles. The van der Waals surface area contributed by atoms with E-state index in [1.165, 1.54) is 7.11 Å². The summed E-state index contributed by atoms with van der Waals surface area (Å²) in [6, 6.07) is 0. The number of hydrogen-bond acceptors (Lipinski definition) is 6. The lowest BCUT2D eigenvalue weighted by Gasteiger charge is -2.33. The maximum Gasteiger partial charge on any atom is 0.313 e. The fourth-order valence-corrected chi connectivity index (χ4v) is 4.27. The molecule has 2 saturated carbocycles. The number of esters is 3. The zero-order valence-corrected chi connectivity index (χ0v) is 14.1. The second-order valence-electron chi connectivity index (χ2n) is 7.69. The average molecular weight is 324 g/mol. The first-order chi connectivity index (χ1) is 10.7. The number of rotatable bonds is 5. The first-order valence-corrected chi connectivity index (χ1v) is 8.24. The fraction of sp³-hybridized carbons (Fsp3) is 0.824. The van der Waals surface area contributed by atoms with Crippen molar-refractivity contribution >= 4 is 17.9 Å². The van der Waals surface area contributed by atoms with Crippen molar-refractivity contribution in [2.45, 2.75) is 58.7 Å². The zero-order valence-electron chi connectivity index (χ0n) is 14.1. The van der Waals surface area contributed by atoms with Crippen LogP contribution in [0.2, 0.25) is 0 Å². The van der Waals surface area contributed by atoms with E-state index in [0.29, 0.717) is 12.8 Å². The molecule has 23 heavy (non-hydrogen) atoms. The van der Waals surface area contributed by atoms with Crippen molar-refractivity contribution in [2.24, 2.45) is 22.7 Å². The molecule has 2 bridgehead atoms. The van der Waals surface area contributed by atoms with Crippen LogP contribution in [0.15, 0.2) is 0 Å². The molecule has 2 aliphatic carbocycles. The van der Waals surface area contributed by atoms with Crippen LogP contribution in [0.3, 0.4) is 0 Å². The summed E-state index contributed by atoms with van der Waals surface area (Å²) in [5.74, 6) is -0.956. The van der Waals surface area contributed by atoms with Crippen LogP contribution in [0.4, 0.5) is 0 Å². The third-order valence-corrected chi connectivity index (χ3v) is 6.09. The molecule has 5 atom stereocenters. The molecule has 6 nitrogen and oxygen atoms in total. The van der Waals surface area contributed by atoms with Crippen molar-refractivity contribution in [3.63, 3.8) is 0 Å². The Morgan fingerprint density at radius 2 is 2.09 bits per heavy atom. The van der Waals surface area contributed by atoms with E-state index in [2.05, 4.69) is 0 Å². The van der Waals surface area contributed by atoms with Crippen molar-refractivity contribution in [1.29, 1.82) is 0 Å². The smallest absolute Gasteiger partial charge is 0.313 e. The number of carbonyl (C=O) groups excluding carboxylic acids is 3. The van der Waals surface area contributed by atoms with E-state index in [4.69, 9.17) is 14.2 Å². The molecule has 6 heteroatoms. The van der Waals surface area contributed by atoms with Gasteiger partial charge in [-0.1, -0.05) is 6.92 Å². The Bertz CT molecular complexity index is 553. The Hall–Kier alpha value is -1.59. The molecule has 1 saturated heterocycles. The summed E-state index contributed by atoms with van der Waals surface area (Å²) in [4.78, 5) is 36.4. The second kappa shape index (κ2) is 5.21. The highest BCUT2D eigenvalue weighted by molar-refractivity contribution is 5.87. The minimum atomic E-state index is -0.772. The summed E-state index contributed by atoms with van der Waals surface area (Å²) in [6.07, 6.45) is 1.24. The zero-order chi connectivity index (χ0) is 17.0. The Kier molecular flexibility index (Phi) is 3.69. The monoisotopic (exact) mass is 324 g/mol. The molecule has 0 spiro atoms. The van der Waals surface area contributed by atoms with Crippen LogP contribution < -0.4 is 0 Å². The van der Waals surface area contributed by atoms with Crippen LogP contribution in [0.1, 0.15) is 46.5 Å². The third kappa shape index (κ3) is 2.25. The largest absolute Gasteiger partial charge is 0.469 e. The van der Waals surface area contributed by atoms with E-state index in [-0.39, 0.29) is 36.3 Å². The molecule has 1 heterocycles. The number of ether oxygens (including phenoxy) is 3. The van der Waals surface area contributed by atoms with Crippen molar-refractivity contribution < 1.29 is 28.6 Å². The summed E-state index contributed by atoms with van der Waals surface area (Å²) in [7, 11) is 1.32. The van der Waals surface area contributed by atoms with E-state index in [1.807, 2.05) is 20.8 Å². The molecule has 3 aliphatic rings. The van der Waals surface area contributed by atoms with E-state index in [1.54, 1.807) is 0 Å². The molecule has 128 valence electrons. The van der Waals surface area contributed by atoms with Crippen molar-refractivity contribution in [1.82, 2.24) is 0 Å². The fourth-order valence-electron chi connectivity index (χ4n) is 4.27. The number of fused-ring (bicyclic) bond motifs is 1. The minimum absolute atomic E-state index is 0.0540. The van der Waals surface area contributed by atoms with Gasteiger partial charge in [-0.05, 0) is 33.1 Å². The normalized spacial score (nSPS) is 37.7. The van der Waals surface area contributed by atoms with Gasteiger partial charge in [0.1, 0.15) is 12.2 Å². The summed E-state index contributed by atoms with van der Waals surface area (Å²) in [5.41, 5.74) is -1.32. The van der Waals surface area contributed by atoms with E-state index in [9.17, 15) is 14.4 Å². The Morgan fingerprint density at radius 3 is 2.70 bits per heavy atom. The van der Waals surface area contributed by atoms with Crippen LogP contribution in [0.5, 0.6) is 0 Å². The quantitative estimate of drug-likeness (QED) is 0.567. The molecule has 0 aromatic rings. The number of carbonyl (C=O) groups is 3. The topological polar surface area (TPSA) is 78.9 Å². The van der Waals surface area contributed by atoms with Gasteiger partial charge < -0.3 is 14.2 Å². The average Bonchev–Trinajstić information content (AvgIpc) is 3.08. The van der Waals surface area contributed by atoms with Gasteiger partial charge in [0.2, 0.25) is 0 Å². The first kappa shape index (κ1) is 16.3. The molecule has 1 aliphatic heterocycles. The van der Waals surface area contributed by atoms with Crippen LogP contribution in [0.25, 0.3) is 0 Å². The predicted molar refractivity (Wildman–Crippen MR) is 79.1 cm³/mol. The highest BCUT2D eigenvalue weighted by Crippen LogP contribution is 2.64. The van der Waals surface area contributed by atoms with Crippen LogP contribution in [-0.4, -0.2) is 37.2 Å². The Balaban J connectivity index is 1.76. The van der Waals surface area contributed by atoms with Gasteiger partial charge in [-0.3, -0.25) is 14.4 Å². The molecule has 3 rings (SSSR count).